The summed E-state index contributed by atoms with van der Waals surface area (Å²) in [6.45, 7) is 11.7. The fourth-order valence-corrected chi connectivity index (χ4v) is 2.46. The van der Waals surface area contributed by atoms with Gasteiger partial charge in [0.05, 0.1) is 6.10 Å². The van der Waals surface area contributed by atoms with Gasteiger partial charge in [-0.25, -0.2) is 0 Å². The van der Waals surface area contributed by atoms with Crippen LogP contribution in [0, 0.1) is 0 Å². The van der Waals surface area contributed by atoms with Crippen molar-refractivity contribution in [3.63, 3.8) is 0 Å². The van der Waals surface area contributed by atoms with Crippen molar-refractivity contribution in [2.45, 2.75) is 45.9 Å². The zero-order valence-electron chi connectivity index (χ0n) is 11.9. The fraction of sp³-hybridized carbons (Fsp3) is 0.714. The van der Waals surface area contributed by atoms with Crippen LogP contribution in [0.4, 0.5) is 0 Å². The average molecular weight is 270 g/mol. The van der Waals surface area contributed by atoms with Gasteiger partial charge in [0.25, 0.3) is 0 Å². The Kier molecular flexibility index (Phi) is 6.29. The SMILES string of the molecule is CCN(Cc1cccs1)CC(O)CNC(C)(C)C. The lowest BCUT2D eigenvalue weighted by Crippen LogP contribution is -2.44. The van der Waals surface area contributed by atoms with Gasteiger partial charge in [0, 0.05) is 30.1 Å². The smallest absolute Gasteiger partial charge is 0.0791 e. The van der Waals surface area contributed by atoms with Crippen molar-refractivity contribution in [1.82, 2.24) is 10.2 Å². The van der Waals surface area contributed by atoms with E-state index < -0.39 is 0 Å². The summed E-state index contributed by atoms with van der Waals surface area (Å²) in [4.78, 5) is 3.63. The van der Waals surface area contributed by atoms with Crippen LogP contribution in [0.15, 0.2) is 17.5 Å². The molecule has 0 saturated heterocycles. The summed E-state index contributed by atoms with van der Waals surface area (Å²) in [6.07, 6.45) is -0.316. The van der Waals surface area contributed by atoms with Crippen molar-refractivity contribution in [2.75, 3.05) is 19.6 Å². The molecule has 1 heterocycles. The minimum atomic E-state index is -0.316. The van der Waals surface area contributed by atoms with Crippen molar-refractivity contribution < 1.29 is 5.11 Å². The van der Waals surface area contributed by atoms with Crippen LogP contribution in [0.5, 0.6) is 0 Å². The number of β-amino-alcohol motifs (C(OH)–C–C–N with tert-alkyl or cyclic N) is 1. The zero-order valence-corrected chi connectivity index (χ0v) is 12.8. The molecule has 0 radical (unpaired) electrons. The largest absolute Gasteiger partial charge is 0.390 e. The molecule has 0 aliphatic carbocycles. The molecule has 1 atom stereocenters. The minimum absolute atomic E-state index is 0.0613. The van der Waals surface area contributed by atoms with E-state index >= 15 is 0 Å². The molecule has 0 amide bonds. The van der Waals surface area contributed by atoms with Gasteiger partial charge in [-0.2, -0.15) is 0 Å². The van der Waals surface area contributed by atoms with Gasteiger partial charge in [-0.1, -0.05) is 13.0 Å². The van der Waals surface area contributed by atoms with Gasteiger partial charge in [-0.3, -0.25) is 4.90 Å². The predicted octanol–water partition coefficient (Wildman–Crippen LogP) is 2.32. The number of aliphatic hydroxyl groups is 1. The molecule has 104 valence electrons. The second kappa shape index (κ2) is 7.24. The van der Waals surface area contributed by atoms with Gasteiger partial charge in [-0.15, -0.1) is 11.3 Å². The summed E-state index contributed by atoms with van der Waals surface area (Å²) in [5, 5.41) is 15.5. The summed E-state index contributed by atoms with van der Waals surface area (Å²) in [5.74, 6) is 0. The molecule has 0 aliphatic rings. The monoisotopic (exact) mass is 270 g/mol. The Hall–Kier alpha value is -0.420. The molecule has 0 aromatic carbocycles. The summed E-state index contributed by atoms with van der Waals surface area (Å²) in [5.41, 5.74) is 0.0613. The lowest BCUT2D eigenvalue weighted by Gasteiger charge is -2.26. The minimum Gasteiger partial charge on any atom is -0.390 e. The molecule has 1 rings (SSSR count). The number of nitrogens with zero attached hydrogens (tertiary/aromatic N) is 1. The van der Waals surface area contributed by atoms with E-state index in [2.05, 4.69) is 55.4 Å². The van der Waals surface area contributed by atoms with Crippen LogP contribution in [0.25, 0.3) is 0 Å². The molecule has 3 nitrogen and oxygen atoms in total. The molecule has 1 unspecified atom stereocenters. The maximum Gasteiger partial charge on any atom is 0.0791 e. The second-order valence-electron chi connectivity index (χ2n) is 5.69. The summed E-state index contributed by atoms with van der Waals surface area (Å²) >= 11 is 1.77. The topological polar surface area (TPSA) is 35.5 Å². The van der Waals surface area contributed by atoms with Gasteiger partial charge < -0.3 is 10.4 Å². The lowest BCUT2D eigenvalue weighted by atomic mass is 10.1. The molecule has 18 heavy (non-hydrogen) atoms. The van der Waals surface area contributed by atoms with E-state index in [0.717, 1.165) is 19.6 Å². The Labute approximate surface area is 115 Å². The van der Waals surface area contributed by atoms with Crippen LogP contribution >= 0.6 is 11.3 Å². The Bertz CT molecular complexity index is 319. The Balaban J connectivity index is 2.33. The van der Waals surface area contributed by atoms with Gasteiger partial charge in [-0.05, 0) is 38.8 Å². The van der Waals surface area contributed by atoms with Crippen LogP contribution in [0.3, 0.4) is 0 Å². The van der Waals surface area contributed by atoms with Crippen molar-refractivity contribution in [3.8, 4) is 0 Å². The van der Waals surface area contributed by atoms with Crippen LogP contribution in [-0.2, 0) is 6.54 Å². The first-order chi connectivity index (χ1) is 8.40. The third-order valence-electron chi connectivity index (χ3n) is 2.74. The van der Waals surface area contributed by atoms with E-state index in [1.54, 1.807) is 11.3 Å². The lowest BCUT2D eigenvalue weighted by molar-refractivity contribution is 0.105. The number of rotatable bonds is 7. The highest BCUT2D eigenvalue weighted by Crippen LogP contribution is 2.12. The van der Waals surface area contributed by atoms with E-state index in [-0.39, 0.29) is 11.6 Å². The molecule has 0 saturated carbocycles. The second-order valence-corrected chi connectivity index (χ2v) is 6.72. The van der Waals surface area contributed by atoms with E-state index in [9.17, 15) is 5.11 Å². The molecular weight excluding hydrogens is 244 g/mol. The van der Waals surface area contributed by atoms with E-state index in [1.807, 2.05) is 0 Å². The first-order valence-corrected chi connectivity index (χ1v) is 7.46. The molecule has 1 aromatic rings. The molecule has 1 aromatic heterocycles. The van der Waals surface area contributed by atoms with Crippen LogP contribution in [-0.4, -0.2) is 41.3 Å². The molecular formula is C14H26N2OS. The maximum atomic E-state index is 10.0. The third kappa shape index (κ3) is 6.50. The highest BCUT2D eigenvalue weighted by molar-refractivity contribution is 7.09. The number of hydrogen-bond donors (Lipinski definition) is 2. The van der Waals surface area contributed by atoms with E-state index in [0.29, 0.717) is 6.54 Å². The molecule has 0 aliphatic heterocycles. The van der Waals surface area contributed by atoms with E-state index in [1.165, 1.54) is 4.88 Å². The zero-order chi connectivity index (χ0) is 13.6. The molecule has 0 spiro atoms. The quantitative estimate of drug-likeness (QED) is 0.798. The summed E-state index contributed by atoms with van der Waals surface area (Å²) in [7, 11) is 0. The van der Waals surface area contributed by atoms with Crippen molar-refractivity contribution in [2.24, 2.45) is 0 Å². The highest BCUT2D eigenvalue weighted by Gasteiger charge is 2.15. The van der Waals surface area contributed by atoms with Crippen molar-refractivity contribution in [3.05, 3.63) is 22.4 Å². The first kappa shape index (κ1) is 15.6. The standard InChI is InChI=1S/C14H26N2OS/c1-5-16(11-13-7-6-8-18-13)10-12(17)9-15-14(2,3)4/h6-8,12,15,17H,5,9-11H2,1-4H3. The Morgan fingerprint density at radius 1 is 1.44 bits per heavy atom. The molecule has 2 N–H and O–H groups in total. The van der Waals surface area contributed by atoms with Gasteiger partial charge in [0.15, 0.2) is 0 Å². The highest BCUT2D eigenvalue weighted by atomic mass is 32.1. The van der Waals surface area contributed by atoms with Crippen molar-refractivity contribution in [1.29, 1.82) is 0 Å². The first-order valence-electron chi connectivity index (χ1n) is 6.58. The number of aliphatic hydroxyl groups excluding tert-OH is 1. The number of nitrogens with one attached hydrogen (secondary N) is 1. The molecule has 0 fully saturated rings. The van der Waals surface area contributed by atoms with Crippen LogP contribution < -0.4 is 5.32 Å². The Morgan fingerprint density at radius 3 is 2.67 bits per heavy atom. The third-order valence-corrected chi connectivity index (χ3v) is 3.60. The fourth-order valence-electron chi connectivity index (χ4n) is 1.71. The summed E-state index contributed by atoms with van der Waals surface area (Å²) in [6, 6.07) is 4.22. The number of hydrogen-bond acceptors (Lipinski definition) is 4. The van der Waals surface area contributed by atoms with Gasteiger partial charge in [0.2, 0.25) is 0 Å². The number of likely N-dealkylation sites (N-methyl/N-ethyl adjacent to an activating group) is 1. The number of thiophene rings is 1. The molecule has 0 bridgehead atoms. The predicted molar refractivity (Wildman–Crippen MR) is 79.0 cm³/mol. The average Bonchev–Trinajstić information content (AvgIpc) is 2.77. The Morgan fingerprint density at radius 2 is 2.17 bits per heavy atom. The summed E-state index contributed by atoms with van der Waals surface area (Å²) < 4.78 is 0. The van der Waals surface area contributed by atoms with E-state index in [4.69, 9.17) is 0 Å². The maximum absolute atomic E-state index is 10.0. The van der Waals surface area contributed by atoms with Crippen LogP contribution in [0.1, 0.15) is 32.6 Å². The van der Waals surface area contributed by atoms with Crippen LogP contribution in [0.2, 0.25) is 0 Å². The van der Waals surface area contributed by atoms with Gasteiger partial charge in [0.1, 0.15) is 0 Å². The van der Waals surface area contributed by atoms with Gasteiger partial charge >= 0.3 is 0 Å². The normalized spacial score (nSPS) is 14.1. The molecule has 4 heteroatoms. The van der Waals surface area contributed by atoms with Crippen molar-refractivity contribution >= 4 is 11.3 Å².